The number of hydrogen-bond donors (Lipinski definition) is 2. The maximum atomic E-state index is 9.68. The Balaban J connectivity index is 3.24. The number of aliphatic hydroxyl groups is 1. The molecule has 0 spiro atoms. The molecule has 0 radical (unpaired) electrons. The zero-order valence-corrected chi connectivity index (χ0v) is 9.77. The molecule has 1 aromatic rings. The molecule has 1 rings (SSSR count). The Kier molecular flexibility index (Phi) is 4.11. The van der Waals surface area contributed by atoms with Gasteiger partial charge in [0, 0.05) is 16.3 Å². The maximum Gasteiger partial charge on any atom is 0.127 e. The molecule has 0 bridgehead atoms. The third kappa shape index (κ3) is 2.35. The second-order valence-corrected chi connectivity index (χ2v) is 3.85. The van der Waals surface area contributed by atoms with E-state index in [9.17, 15) is 5.11 Å². The number of benzene rings is 1. The summed E-state index contributed by atoms with van der Waals surface area (Å²) in [5, 5.41) is 10.3. The van der Waals surface area contributed by atoms with Gasteiger partial charge < -0.3 is 9.84 Å². The molecule has 0 fully saturated rings. The van der Waals surface area contributed by atoms with Crippen LogP contribution in [0, 0.1) is 6.92 Å². The van der Waals surface area contributed by atoms with E-state index in [0.29, 0.717) is 22.1 Å². The Morgan fingerprint density at radius 3 is 2.71 bits per heavy atom. The summed E-state index contributed by atoms with van der Waals surface area (Å²) in [5.41, 5.74) is 1.60. The Bertz CT molecular complexity index is 328. The normalized spacial score (nSPS) is 12.6. The van der Waals surface area contributed by atoms with Gasteiger partial charge in [-0.1, -0.05) is 11.6 Å². The summed E-state index contributed by atoms with van der Waals surface area (Å²) in [6, 6.07) is 3.50. The van der Waals surface area contributed by atoms with Gasteiger partial charge in [-0.05, 0) is 24.6 Å². The van der Waals surface area contributed by atoms with Crippen LogP contribution in [0.2, 0.25) is 5.02 Å². The molecule has 0 aliphatic carbocycles. The van der Waals surface area contributed by atoms with Gasteiger partial charge in [0.15, 0.2) is 0 Å². The number of thiol groups is 1. The van der Waals surface area contributed by atoms with Gasteiger partial charge in [0.05, 0.1) is 13.2 Å². The van der Waals surface area contributed by atoms with Crippen LogP contribution in [0.25, 0.3) is 0 Å². The Labute approximate surface area is 94.3 Å². The van der Waals surface area contributed by atoms with E-state index < -0.39 is 6.10 Å². The molecule has 14 heavy (non-hydrogen) atoms. The molecule has 78 valence electrons. The SMILES string of the molecule is COc1c(C)cc(Cl)cc1C(O)CS. The first-order valence-electron chi connectivity index (χ1n) is 4.23. The van der Waals surface area contributed by atoms with Gasteiger partial charge in [-0.25, -0.2) is 0 Å². The molecule has 0 heterocycles. The zero-order valence-electron chi connectivity index (χ0n) is 8.12. The number of methoxy groups -OCH3 is 1. The monoisotopic (exact) mass is 232 g/mol. The van der Waals surface area contributed by atoms with Crippen molar-refractivity contribution in [2.75, 3.05) is 12.9 Å². The molecule has 0 aliphatic heterocycles. The first-order chi connectivity index (χ1) is 6.60. The topological polar surface area (TPSA) is 29.5 Å². The van der Waals surface area contributed by atoms with Crippen molar-refractivity contribution >= 4 is 24.2 Å². The Hall–Kier alpha value is -0.380. The predicted octanol–water partition coefficient (Wildman–Crippen LogP) is 2.62. The highest BCUT2D eigenvalue weighted by atomic mass is 35.5. The van der Waals surface area contributed by atoms with Crippen molar-refractivity contribution in [3.05, 3.63) is 28.3 Å². The van der Waals surface area contributed by atoms with E-state index in [1.165, 1.54) is 0 Å². The standard InChI is InChI=1S/C10H13ClO2S/c1-6-3-7(11)4-8(9(12)5-14)10(6)13-2/h3-4,9,12,14H,5H2,1-2H3. The summed E-state index contributed by atoms with van der Waals surface area (Å²) in [5.74, 6) is 1.02. The molecule has 0 saturated carbocycles. The van der Waals surface area contributed by atoms with Crippen LogP contribution in [0.4, 0.5) is 0 Å². The Morgan fingerprint density at radius 2 is 2.21 bits per heavy atom. The minimum atomic E-state index is -0.648. The van der Waals surface area contributed by atoms with Gasteiger partial charge in [-0.2, -0.15) is 12.6 Å². The molecule has 1 N–H and O–H groups in total. The largest absolute Gasteiger partial charge is 0.496 e. The second kappa shape index (κ2) is 4.91. The summed E-state index contributed by atoms with van der Waals surface area (Å²) in [7, 11) is 1.57. The molecule has 0 amide bonds. The van der Waals surface area contributed by atoms with Crippen LogP contribution in [0.5, 0.6) is 5.75 Å². The first kappa shape index (κ1) is 11.7. The molecule has 1 unspecified atom stereocenters. The summed E-state index contributed by atoms with van der Waals surface area (Å²) < 4.78 is 5.20. The molecule has 0 aliphatic rings. The molecule has 1 aromatic carbocycles. The van der Waals surface area contributed by atoms with E-state index in [2.05, 4.69) is 12.6 Å². The van der Waals surface area contributed by atoms with Crippen molar-refractivity contribution < 1.29 is 9.84 Å². The highest BCUT2D eigenvalue weighted by molar-refractivity contribution is 7.80. The summed E-state index contributed by atoms with van der Waals surface area (Å²) >= 11 is 9.92. The summed E-state index contributed by atoms with van der Waals surface area (Å²) in [6.07, 6.45) is -0.648. The molecule has 0 saturated heterocycles. The van der Waals surface area contributed by atoms with E-state index in [1.54, 1.807) is 19.2 Å². The fourth-order valence-electron chi connectivity index (χ4n) is 1.38. The van der Waals surface area contributed by atoms with Crippen molar-refractivity contribution in [2.45, 2.75) is 13.0 Å². The first-order valence-corrected chi connectivity index (χ1v) is 5.24. The molecule has 0 aromatic heterocycles. The highest BCUT2D eigenvalue weighted by Crippen LogP contribution is 2.32. The number of aliphatic hydroxyl groups excluding tert-OH is 1. The van der Waals surface area contributed by atoms with E-state index in [4.69, 9.17) is 16.3 Å². The van der Waals surface area contributed by atoms with Crippen LogP contribution < -0.4 is 4.74 Å². The van der Waals surface area contributed by atoms with E-state index in [1.807, 2.05) is 6.92 Å². The lowest BCUT2D eigenvalue weighted by molar-refractivity contribution is 0.199. The third-order valence-corrected chi connectivity index (χ3v) is 2.57. The van der Waals surface area contributed by atoms with Gasteiger partial charge in [0.2, 0.25) is 0 Å². The molecular formula is C10H13ClO2S. The lowest BCUT2D eigenvalue weighted by Gasteiger charge is -2.15. The fraction of sp³-hybridized carbons (Fsp3) is 0.400. The van der Waals surface area contributed by atoms with E-state index >= 15 is 0 Å². The smallest absolute Gasteiger partial charge is 0.127 e. The molecular weight excluding hydrogens is 220 g/mol. The van der Waals surface area contributed by atoms with Crippen LogP contribution in [0.1, 0.15) is 17.2 Å². The number of rotatable bonds is 3. The van der Waals surface area contributed by atoms with Gasteiger partial charge in [-0.3, -0.25) is 0 Å². The summed E-state index contributed by atoms with van der Waals surface area (Å²) in [4.78, 5) is 0. The highest BCUT2D eigenvalue weighted by Gasteiger charge is 2.14. The number of halogens is 1. The lowest BCUT2D eigenvalue weighted by Crippen LogP contribution is -2.03. The van der Waals surface area contributed by atoms with Crippen molar-refractivity contribution in [3.8, 4) is 5.75 Å². The fourth-order valence-corrected chi connectivity index (χ4v) is 1.86. The Morgan fingerprint density at radius 1 is 1.57 bits per heavy atom. The van der Waals surface area contributed by atoms with Crippen LogP contribution in [0.15, 0.2) is 12.1 Å². The minimum Gasteiger partial charge on any atom is -0.496 e. The van der Waals surface area contributed by atoms with Crippen molar-refractivity contribution in [1.82, 2.24) is 0 Å². The number of aryl methyl sites for hydroxylation is 1. The lowest BCUT2D eigenvalue weighted by atomic mass is 10.1. The third-order valence-electron chi connectivity index (χ3n) is 2.00. The summed E-state index contributed by atoms with van der Waals surface area (Å²) in [6.45, 7) is 1.89. The maximum absolute atomic E-state index is 9.68. The van der Waals surface area contributed by atoms with Gasteiger partial charge in [0.25, 0.3) is 0 Å². The van der Waals surface area contributed by atoms with Crippen LogP contribution in [-0.4, -0.2) is 18.0 Å². The van der Waals surface area contributed by atoms with Gasteiger partial charge in [-0.15, -0.1) is 0 Å². The second-order valence-electron chi connectivity index (χ2n) is 3.04. The van der Waals surface area contributed by atoms with Crippen LogP contribution >= 0.6 is 24.2 Å². The minimum absolute atomic E-state index is 0.343. The van der Waals surface area contributed by atoms with Gasteiger partial charge in [0.1, 0.15) is 5.75 Å². The van der Waals surface area contributed by atoms with Gasteiger partial charge >= 0.3 is 0 Å². The van der Waals surface area contributed by atoms with Crippen LogP contribution in [-0.2, 0) is 0 Å². The molecule has 2 nitrogen and oxygen atoms in total. The van der Waals surface area contributed by atoms with Crippen molar-refractivity contribution in [1.29, 1.82) is 0 Å². The average Bonchev–Trinajstić information content (AvgIpc) is 2.15. The van der Waals surface area contributed by atoms with E-state index in [-0.39, 0.29) is 0 Å². The number of ether oxygens (including phenoxy) is 1. The van der Waals surface area contributed by atoms with Crippen LogP contribution in [0.3, 0.4) is 0 Å². The molecule has 4 heteroatoms. The quantitative estimate of drug-likeness (QED) is 0.785. The number of hydrogen-bond acceptors (Lipinski definition) is 3. The predicted molar refractivity (Wildman–Crippen MR) is 61.6 cm³/mol. The zero-order chi connectivity index (χ0) is 10.7. The molecule has 1 atom stereocenters. The van der Waals surface area contributed by atoms with E-state index in [0.717, 1.165) is 5.56 Å². The average molecular weight is 233 g/mol. The van der Waals surface area contributed by atoms with Crippen molar-refractivity contribution in [2.24, 2.45) is 0 Å². The van der Waals surface area contributed by atoms with Crippen molar-refractivity contribution in [3.63, 3.8) is 0 Å².